The third kappa shape index (κ3) is 9.35. The van der Waals surface area contributed by atoms with Crippen LogP contribution in [0.15, 0.2) is 12.2 Å². The number of hydrogen-bond acceptors (Lipinski definition) is 6. The molecule has 202 valence electrons. The molecule has 0 rings (SSSR count). The van der Waals surface area contributed by atoms with E-state index in [1.165, 1.54) is 41.5 Å². The third-order valence-electron chi connectivity index (χ3n) is 5.22. The number of carbonyl (C=O) groups excluding carboxylic acids is 1. The minimum absolute atomic E-state index is 0.0328. The third-order valence-corrected chi connectivity index (χ3v) is 5.22. The molecule has 0 saturated carbocycles. The van der Waals surface area contributed by atoms with Gasteiger partial charge in [-0.05, 0) is 61.8 Å². The molecule has 0 aliphatic rings. The molecule has 0 aromatic carbocycles. The van der Waals surface area contributed by atoms with Crippen LogP contribution in [0.1, 0.15) is 61.8 Å². The minimum atomic E-state index is -6.05. The van der Waals surface area contributed by atoms with Gasteiger partial charge in [0.2, 0.25) is 0 Å². The maximum Gasteiger partial charge on any atom is 0.428 e. The van der Waals surface area contributed by atoms with Crippen LogP contribution < -0.4 is 0 Å². The Balaban J connectivity index is 6.05. The molecule has 0 heterocycles. The quantitative estimate of drug-likeness (QED) is 0.225. The number of carbonyl (C=O) groups is 1. The van der Waals surface area contributed by atoms with Gasteiger partial charge in [-0.3, -0.25) is 0 Å². The summed E-state index contributed by atoms with van der Waals surface area (Å²) in [5.74, 6) is -1.82. The van der Waals surface area contributed by atoms with Crippen molar-refractivity contribution in [2.75, 3.05) is 13.2 Å². The molecule has 0 aliphatic heterocycles. The molecule has 0 saturated heterocycles. The number of esters is 1. The zero-order valence-electron chi connectivity index (χ0n) is 20.8. The van der Waals surface area contributed by atoms with Crippen LogP contribution in [-0.2, 0) is 19.0 Å². The van der Waals surface area contributed by atoms with E-state index in [0.29, 0.717) is 0 Å². The normalized spacial score (nSPS) is 16.2. The van der Waals surface area contributed by atoms with Gasteiger partial charge in [0.05, 0.1) is 30.0 Å². The van der Waals surface area contributed by atoms with Crippen molar-refractivity contribution in [1.29, 1.82) is 0 Å². The summed E-state index contributed by atoms with van der Waals surface area (Å²) in [5.41, 5.74) is -9.13. The lowest BCUT2D eigenvalue weighted by Gasteiger charge is -2.43. The summed E-state index contributed by atoms with van der Waals surface area (Å²) in [6, 6.07) is 0. The lowest BCUT2D eigenvalue weighted by atomic mass is 9.78. The number of hydrogen-bond donors (Lipinski definition) is 2. The Morgan fingerprint density at radius 3 is 1.68 bits per heavy atom. The first-order chi connectivity index (χ1) is 14.8. The molecule has 6 nitrogen and oxygen atoms in total. The largest absolute Gasteiger partial charge is 0.459 e. The zero-order valence-corrected chi connectivity index (χ0v) is 20.8. The Labute approximate surface area is 196 Å². The maximum atomic E-state index is 13.1. The van der Waals surface area contributed by atoms with E-state index in [2.05, 4.69) is 6.58 Å². The fraction of sp³-hybridized carbons (Fsp3) is 0.864. The van der Waals surface area contributed by atoms with E-state index >= 15 is 0 Å². The van der Waals surface area contributed by atoms with Gasteiger partial charge in [0.25, 0.3) is 5.60 Å². The van der Waals surface area contributed by atoms with E-state index in [1.807, 2.05) is 0 Å². The van der Waals surface area contributed by atoms with Crippen LogP contribution in [0.3, 0.4) is 0 Å². The lowest BCUT2D eigenvalue weighted by molar-refractivity contribution is -0.383. The molecular formula is C22H36F6O6. The fourth-order valence-corrected chi connectivity index (χ4v) is 3.01. The summed E-state index contributed by atoms with van der Waals surface area (Å²) >= 11 is 0. The molecule has 2 atom stereocenters. The van der Waals surface area contributed by atoms with Gasteiger partial charge in [-0.2, -0.15) is 26.3 Å². The predicted molar refractivity (Wildman–Crippen MR) is 112 cm³/mol. The highest BCUT2D eigenvalue weighted by Gasteiger charge is 2.71. The van der Waals surface area contributed by atoms with Crippen LogP contribution in [0, 0.1) is 5.92 Å². The highest BCUT2D eigenvalue weighted by molar-refractivity contribution is 5.87. The van der Waals surface area contributed by atoms with Gasteiger partial charge in [0.15, 0.2) is 0 Å². The van der Waals surface area contributed by atoms with Crippen molar-refractivity contribution in [2.45, 2.75) is 103 Å². The van der Waals surface area contributed by atoms with Crippen LogP contribution in [0.4, 0.5) is 26.3 Å². The number of ether oxygens (including phenoxy) is 3. The first-order valence-electron chi connectivity index (χ1n) is 10.5. The second-order valence-corrected chi connectivity index (χ2v) is 10.3. The molecule has 0 fully saturated rings. The minimum Gasteiger partial charge on any atom is -0.459 e. The summed E-state index contributed by atoms with van der Waals surface area (Å²) < 4.78 is 94.7. The number of alkyl halides is 6. The molecule has 0 spiro atoms. The first kappa shape index (κ1) is 32.6. The average Bonchev–Trinajstić information content (AvgIpc) is 2.60. The Kier molecular flexibility index (Phi) is 10.3. The predicted octanol–water partition coefficient (Wildman–Crippen LogP) is 4.72. The van der Waals surface area contributed by atoms with Crippen molar-refractivity contribution in [1.82, 2.24) is 0 Å². The topological polar surface area (TPSA) is 85.2 Å². The second kappa shape index (κ2) is 10.7. The van der Waals surface area contributed by atoms with E-state index < -0.39 is 59.4 Å². The van der Waals surface area contributed by atoms with Gasteiger partial charge >= 0.3 is 18.3 Å². The lowest BCUT2D eigenvalue weighted by Crippen LogP contribution is -2.61. The standard InChI is InChI=1S/C22H36F6O6/c1-13(2)16(29)34-14(3)15(10-18(6,7)32-11-17(4,5)30)19(8,9)33-12-20(31,21(23,24)25)22(26,27)28/h14-15,30-31H,1,10-12H2,2-9H3. The second-order valence-electron chi connectivity index (χ2n) is 10.3. The SMILES string of the molecule is C=C(C)C(=O)OC(C)C(CC(C)(C)OCC(C)(C)O)C(C)(C)OCC(O)(C(F)(F)F)C(F)(F)F. The van der Waals surface area contributed by atoms with Crippen LogP contribution in [0.2, 0.25) is 0 Å². The molecule has 0 aromatic rings. The van der Waals surface area contributed by atoms with Gasteiger partial charge in [0.1, 0.15) is 6.10 Å². The molecule has 2 N–H and O–H groups in total. The number of halogens is 6. The van der Waals surface area contributed by atoms with E-state index in [1.54, 1.807) is 13.8 Å². The summed E-state index contributed by atoms with van der Waals surface area (Å²) in [7, 11) is 0. The van der Waals surface area contributed by atoms with Gasteiger partial charge < -0.3 is 24.4 Å². The Morgan fingerprint density at radius 2 is 1.32 bits per heavy atom. The molecule has 0 radical (unpaired) electrons. The Bertz CT molecular complexity index is 692. The Hall–Kier alpha value is -1.37. The van der Waals surface area contributed by atoms with Gasteiger partial charge in [0, 0.05) is 11.5 Å². The van der Waals surface area contributed by atoms with Crippen LogP contribution >= 0.6 is 0 Å². The van der Waals surface area contributed by atoms with E-state index in [-0.39, 0.29) is 18.6 Å². The molecule has 0 aromatic heterocycles. The first-order valence-corrected chi connectivity index (χ1v) is 10.5. The molecule has 12 heteroatoms. The molecule has 0 bridgehead atoms. The highest BCUT2D eigenvalue weighted by Crippen LogP contribution is 2.45. The molecule has 0 amide bonds. The van der Waals surface area contributed by atoms with Crippen molar-refractivity contribution in [3.63, 3.8) is 0 Å². The summed E-state index contributed by atoms with van der Waals surface area (Å²) in [4.78, 5) is 12.0. The van der Waals surface area contributed by atoms with Crippen molar-refractivity contribution < 1.29 is 55.6 Å². The molecule has 34 heavy (non-hydrogen) atoms. The summed E-state index contributed by atoms with van der Waals surface area (Å²) in [5, 5.41) is 19.4. The van der Waals surface area contributed by atoms with Crippen LogP contribution in [0.5, 0.6) is 0 Å². The van der Waals surface area contributed by atoms with Crippen molar-refractivity contribution in [3.8, 4) is 0 Å². The summed E-state index contributed by atoms with van der Waals surface area (Å²) in [6.07, 6.45) is -13.2. The number of aliphatic hydroxyl groups is 2. The van der Waals surface area contributed by atoms with Crippen molar-refractivity contribution >= 4 is 5.97 Å². The molecular weight excluding hydrogens is 474 g/mol. The molecule has 2 unspecified atom stereocenters. The maximum absolute atomic E-state index is 13.1. The van der Waals surface area contributed by atoms with Crippen LogP contribution in [-0.4, -0.2) is 70.3 Å². The smallest absolute Gasteiger partial charge is 0.428 e. The van der Waals surface area contributed by atoms with Gasteiger partial charge in [-0.25, -0.2) is 4.79 Å². The average molecular weight is 511 g/mol. The van der Waals surface area contributed by atoms with E-state index in [9.17, 15) is 41.4 Å². The highest BCUT2D eigenvalue weighted by atomic mass is 19.4. The van der Waals surface area contributed by atoms with Gasteiger partial charge in [-0.15, -0.1) is 0 Å². The fourth-order valence-electron chi connectivity index (χ4n) is 3.01. The van der Waals surface area contributed by atoms with Crippen LogP contribution in [0.25, 0.3) is 0 Å². The zero-order chi connectivity index (χ0) is 27.6. The van der Waals surface area contributed by atoms with Gasteiger partial charge in [-0.1, -0.05) is 6.58 Å². The summed E-state index contributed by atoms with van der Waals surface area (Å²) in [6.45, 7) is 12.6. The van der Waals surface area contributed by atoms with E-state index in [4.69, 9.17) is 14.2 Å². The van der Waals surface area contributed by atoms with Crippen molar-refractivity contribution in [2.24, 2.45) is 5.92 Å². The van der Waals surface area contributed by atoms with E-state index in [0.717, 1.165) is 0 Å². The van der Waals surface area contributed by atoms with Crippen molar-refractivity contribution in [3.05, 3.63) is 12.2 Å². The number of rotatable bonds is 12. The molecule has 0 aliphatic carbocycles. The monoisotopic (exact) mass is 510 g/mol. The Morgan fingerprint density at radius 1 is 0.882 bits per heavy atom.